The fourth-order valence-electron chi connectivity index (χ4n) is 3.60. The van der Waals surface area contributed by atoms with Crippen LogP contribution in [0.2, 0.25) is 0 Å². The van der Waals surface area contributed by atoms with E-state index in [1.54, 1.807) is 26.0 Å². The number of nitrogens with one attached hydrogen (secondary N) is 1. The Morgan fingerprint density at radius 2 is 1.82 bits per heavy atom. The van der Waals surface area contributed by atoms with Gasteiger partial charge in [-0.3, -0.25) is 14.9 Å². The predicted molar refractivity (Wildman–Crippen MR) is 103 cm³/mol. The highest BCUT2D eigenvalue weighted by Crippen LogP contribution is 2.35. The van der Waals surface area contributed by atoms with Gasteiger partial charge in [-0.2, -0.15) is 0 Å². The van der Waals surface area contributed by atoms with E-state index < -0.39 is 17.4 Å². The summed E-state index contributed by atoms with van der Waals surface area (Å²) in [6, 6.07) is 11.9. The molecule has 0 saturated heterocycles. The molecule has 144 valence electrons. The molecule has 6 nitrogen and oxygen atoms in total. The maximum absolute atomic E-state index is 12.4. The molecule has 2 aliphatic heterocycles. The number of carbonyl (C=O) groups is 2. The van der Waals surface area contributed by atoms with Gasteiger partial charge in [-0.1, -0.05) is 24.3 Å². The molecule has 1 unspecified atom stereocenters. The van der Waals surface area contributed by atoms with Gasteiger partial charge in [-0.15, -0.1) is 0 Å². The number of hydrogen-bond acceptors (Lipinski definition) is 5. The summed E-state index contributed by atoms with van der Waals surface area (Å²) in [5, 5.41) is 22.0. The number of benzene rings is 2. The van der Waals surface area contributed by atoms with Crippen molar-refractivity contribution < 1.29 is 24.5 Å². The van der Waals surface area contributed by atoms with Crippen LogP contribution in [-0.2, 0) is 22.4 Å². The molecule has 0 saturated carbocycles. The monoisotopic (exact) mass is 379 g/mol. The minimum atomic E-state index is -0.953. The van der Waals surface area contributed by atoms with Crippen LogP contribution < -0.4 is 10.1 Å². The van der Waals surface area contributed by atoms with Gasteiger partial charge in [0.2, 0.25) is 0 Å². The molecule has 28 heavy (non-hydrogen) atoms. The van der Waals surface area contributed by atoms with Crippen LogP contribution in [0.15, 0.2) is 48.0 Å². The fourth-order valence-corrected chi connectivity index (χ4v) is 3.60. The Morgan fingerprint density at radius 1 is 1.11 bits per heavy atom. The molecule has 0 aliphatic carbocycles. The zero-order chi connectivity index (χ0) is 20.1. The number of carbonyl (C=O) groups excluding carboxylic acids is 2. The summed E-state index contributed by atoms with van der Waals surface area (Å²) in [5.41, 5.74) is 2.22. The minimum Gasteiger partial charge on any atom is -0.508 e. The second-order valence-corrected chi connectivity index (χ2v) is 7.77. The van der Waals surface area contributed by atoms with Gasteiger partial charge < -0.3 is 14.9 Å². The third kappa shape index (κ3) is 3.27. The first-order valence-corrected chi connectivity index (χ1v) is 9.11. The van der Waals surface area contributed by atoms with Gasteiger partial charge in [0.15, 0.2) is 0 Å². The van der Waals surface area contributed by atoms with Crippen LogP contribution in [0.1, 0.15) is 30.5 Å². The second-order valence-electron chi connectivity index (χ2n) is 7.77. The zero-order valence-electron chi connectivity index (χ0n) is 15.7. The van der Waals surface area contributed by atoms with Crippen molar-refractivity contribution in [3.63, 3.8) is 0 Å². The van der Waals surface area contributed by atoms with E-state index in [0.717, 1.165) is 16.9 Å². The van der Waals surface area contributed by atoms with E-state index in [9.17, 15) is 19.8 Å². The highest BCUT2D eigenvalue weighted by Gasteiger charge is 2.35. The molecule has 4 rings (SSSR count). The number of ether oxygens (including phenoxy) is 1. The van der Waals surface area contributed by atoms with Crippen molar-refractivity contribution in [1.29, 1.82) is 0 Å². The summed E-state index contributed by atoms with van der Waals surface area (Å²) in [6.07, 6.45) is 0.566. The van der Waals surface area contributed by atoms with Crippen LogP contribution in [-0.4, -0.2) is 33.7 Å². The van der Waals surface area contributed by atoms with Gasteiger partial charge in [0, 0.05) is 18.4 Å². The third-order valence-electron chi connectivity index (χ3n) is 5.15. The average Bonchev–Trinajstić information content (AvgIpc) is 3.17. The highest BCUT2D eigenvalue weighted by atomic mass is 16.5. The van der Waals surface area contributed by atoms with E-state index in [1.165, 1.54) is 12.1 Å². The van der Waals surface area contributed by atoms with Gasteiger partial charge in [0.25, 0.3) is 11.8 Å². The zero-order valence-corrected chi connectivity index (χ0v) is 15.7. The van der Waals surface area contributed by atoms with Crippen molar-refractivity contribution in [2.75, 3.05) is 0 Å². The molecule has 6 heteroatoms. The number of fused-ring (bicyclic) bond motifs is 1. The number of aliphatic hydroxyl groups is 1. The maximum atomic E-state index is 12.4. The molecule has 0 fully saturated rings. The number of aromatic hydroxyl groups is 1. The molecule has 0 bridgehead atoms. The molecule has 2 aromatic carbocycles. The first-order valence-electron chi connectivity index (χ1n) is 9.11. The molecule has 2 aromatic rings. The van der Waals surface area contributed by atoms with Gasteiger partial charge in [-0.25, -0.2) is 0 Å². The quantitative estimate of drug-likeness (QED) is 0.707. The molecular weight excluding hydrogens is 358 g/mol. The van der Waals surface area contributed by atoms with E-state index >= 15 is 0 Å². The lowest BCUT2D eigenvalue weighted by molar-refractivity contribution is -0.123. The Bertz CT molecular complexity index is 999. The summed E-state index contributed by atoms with van der Waals surface area (Å²) in [6.45, 7) is 3.43. The molecular formula is C22H21NO5. The van der Waals surface area contributed by atoms with Gasteiger partial charge in [-0.05, 0) is 48.7 Å². The molecule has 0 spiro atoms. The summed E-state index contributed by atoms with van der Waals surface area (Å²) < 4.78 is 5.82. The van der Waals surface area contributed by atoms with Gasteiger partial charge in [0.1, 0.15) is 17.6 Å². The fraction of sp³-hybridized carbons (Fsp3) is 0.273. The number of amides is 2. The van der Waals surface area contributed by atoms with Crippen molar-refractivity contribution in [2.45, 2.75) is 38.4 Å². The summed E-state index contributed by atoms with van der Waals surface area (Å²) in [7, 11) is 0. The van der Waals surface area contributed by atoms with Crippen molar-refractivity contribution in [3.05, 3.63) is 64.7 Å². The Hall–Kier alpha value is -3.12. The minimum absolute atomic E-state index is 0.0932. The number of phenolic OH excluding ortho intramolecular Hbond substituents is 1. The maximum Gasteiger partial charge on any atom is 0.259 e. The smallest absolute Gasteiger partial charge is 0.259 e. The molecule has 3 N–H and O–H groups in total. The van der Waals surface area contributed by atoms with E-state index in [4.69, 9.17) is 4.74 Å². The van der Waals surface area contributed by atoms with Crippen molar-refractivity contribution in [1.82, 2.24) is 5.32 Å². The van der Waals surface area contributed by atoms with E-state index in [1.807, 2.05) is 18.2 Å². The average molecular weight is 379 g/mol. The molecule has 2 amide bonds. The van der Waals surface area contributed by atoms with Crippen LogP contribution in [0.25, 0.3) is 5.57 Å². The molecule has 2 aliphatic rings. The van der Waals surface area contributed by atoms with Crippen LogP contribution >= 0.6 is 0 Å². The van der Waals surface area contributed by atoms with Crippen molar-refractivity contribution in [2.24, 2.45) is 0 Å². The first-order chi connectivity index (χ1) is 13.2. The van der Waals surface area contributed by atoms with Gasteiger partial charge >= 0.3 is 0 Å². The van der Waals surface area contributed by atoms with E-state index in [2.05, 4.69) is 5.32 Å². The van der Waals surface area contributed by atoms with Crippen LogP contribution in [0, 0.1) is 0 Å². The second kappa shape index (κ2) is 6.49. The van der Waals surface area contributed by atoms with Crippen LogP contribution in [0.4, 0.5) is 0 Å². The number of rotatable bonds is 4. The topological polar surface area (TPSA) is 95.9 Å². The summed E-state index contributed by atoms with van der Waals surface area (Å²) in [5.74, 6) is -0.0114. The standard InChI is InChI=1S/C22H21NO5/c1-22(2,27)18-11-14-9-12(3-8-17(14)28-18)10-16-19(21(26)23-20(16)25)13-4-6-15(24)7-5-13/h3-9,18,24,27H,10-11H2,1-2H3,(H,23,25,26). The molecule has 2 heterocycles. The van der Waals surface area contributed by atoms with Crippen molar-refractivity contribution >= 4 is 17.4 Å². The molecule has 1 atom stereocenters. The molecule has 0 radical (unpaired) electrons. The summed E-state index contributed by atoms with van der Waals surface area (Å²) >= 11 is 0. The Kier molecular flexibility index (Phi) is 4.23. The normalized spacial score (nSPS) is 18.9. The van der Waals surface area contributed by atoms with E-state index in [0.29, 0.717) is 29.6 Å². The third-order valence-corrected chi connectivity index (χ3v) is 5.15. The molecule has 0 aromatic heterocycles. The van der Waals surface area contributed by atoms with Crippen LogP contribution in [0.3, 0.4) is 0 Å². The predicted octanol–water partition coefficient (Wildman–Crippen LogP) is 2.12. The van der Waals surface area contributed by atoms with Crippen LogP contribution in [0.5, 0.6) is 11.5 Å². The lowest BCUT2D eigenvalue weighted by Crippen LogP contribution is -2.39. The number of hydrogen-bond donors (Lipinski definition) is 3. The lowest BCUT2D eigenvalue weighted by atomic mass is 9.94. The van der Waals surface area contributed by atoms with Crippen molar-refractivity contribution in [3.8, 4) is 11.5 Å². The van der Waals surface area contributed by atoms with Gasteiger partial charge in [0.05, 0.1) is 11.2 Å². The van der Waals surface area contributed by atoms with E-state index in [-0.39, 0.29) is 11.9 Å². The first kappa shape index (κ1) is 18.3. The Labute approximate surface area is 162 Å². The Morgan fingerprint density at radius 3 is 2.50 bits per heavy atom. The highest BCUT2D eigenvalue weighted by molar-refractivity contribution is 6.36. The lowest BCUT2D eigenvalue weighted by Gasteiger charge is -2.24. The number of phenols is 1. The summed E-state index contributed by atoms with van der Waals surface area (Å²) in [4.78, 5) is 24.7. The number of imide groups is 1. The Balaban J connectivity index is 1.66. The SMILES string of the molecule is CC(C)(O)C1Cc2cc(CC3=C(c4ccc(O)cc4)C(=O)NC3=O)ccc2O1. The largest absolute Gasteiger partial charge is 0.508 e.